The molecule has 8 heterocycles. The first-order valence-corrected chi connectivity index (χ1v) is 33.4. The van der Waals surface area contributed by atoms with Crippen LogP contribution in [0.2, 0.25) is 0 Å². The Balaban J connectivity index is 1.05. The zero-order chi connectivity index (χ0) is 63.2. The minimum absolute atomic E-state index is 0.00201. The summed E-state index contributed by atoms with van der Waals surface area (Å²) in [7, 11) is 2.94. The summed E-state index contributed by atoms with van der Waals surface area (Å²) in [5.74, 6) is -7.17. The lowest BCUT2D eigenvalue weighted by Gasteiger charge is -2.35. The van der Waals surface area contributed by atoms with Crippen molar-refractivity contribution in [3.8, 4) is 43.4 Å². The summed E-state index contributed by atoms with van der Waals surface area (Å²) >= 11 is 7.12. The molecule has 5 amide bonds. The second-order valence-corrected chi connectivity index (χ2v) is 27.2. The average Bonchev–Trinajstić information content (AvgIpc) is 1.87. The van der Waals surface area contributed by atoms with Crippen molar-refractivity contribution in [3.05, 3.63) is 111 Å². The largest absolute Gasteiger partial charge is 0.481 e. The van der Waals surface area contributed by atoms with Crippen molar-refractivity contribution >= 4 is 121 Å². The van der Waals surface area contributed by atoms with Gasteiger partial charge in [-0.05, 0) is 56.2 Å². The van der Waals surface area contributed by atoms with E-state index < -0.39 is 84.0 Å². The van der Waals surface area contributed by atoms with Crippen molar-refractivity contribution in [2.24, 2.45) is 17.8 Å². The number of anilines is 1. The first-order chi connectivity index (χ1) is 42.8. The molecule has 1 unspecified atom stereocenters. The SMILES string of the molecule is CNC(=O)C[C@@H]1NC(=O)c2csc(n2)-c2ccc(-c3nc(N(CCCCC(=O)O)C(=O)[C@H]4CC[C@H]4C(=O)O)cs3)nc2-c2csc(n2)-c2csc(n2)[C@H]([C@@H](O)c2ccccc2)NC(=O)CNC(=O)c2nc(sc2COC)C(C(C)C)CC(=O)c2nc1sc2C. The van der Waals surface area contributed by atoms with Crippen LogP contribution in [0.4, 0.5) is 5.82 Å². The number of unbranched alkanes of at least 4 members (excludes halogenated alkanes) is 1. The Morgan fingerprint density at radius 1 is 0.730 bits per heavy atom. The van der Waals surface area contributed by atoms with Crippen molar-refractivity contribution in [3.63, 3.8) is 0 Å². The van der Waals surface area contributed by atoms with E-state index in [4.69, 9.17) is 39.6 Å². The number of carboxylic acid groups (broad SMARTS) is 2. The van der Waals surface area contributed by atoms with Gasteiger partial charge >= 0.3 is 11.9 Å². The van der Waals surface area contributed by atoms with E-state index in [0.717, 1.165) is 22.7 Å². The molecule has 1 aliphatic carbocycles. The molecule has 24 nitrogen and oxygen atoms in total. The number of methoxy groups -OCH3 is 1. The topological polar surface area (TPSA) is 348 Å². The third-order valence-electron chi connectivity index (χ3n) is 15.1. The molecular weight excluding hydrogens is 1260 g/mol. The number of carboxylic acids is 2. The molecular formula is C59H60N12O12S6. The molecule has 30 heteroatoms. The van der Waals surface area contributed by atoms with Gasteiger partial charge in [-0.15, -0.1) is 68.0 Å². The summed E-state index contributed by atoms with van der Waals surface area (Å²) in [6.45, 7) is 5.20. The number of fused-ring (bicyclic) bond motifs is 14. The van der Waals surface area contributed by atoms with Gasteiger partial charge < -0.3 is 41.3 Å². The number of benzene rings is 1. The molecule has 1 fully saturated rings. The zero-order valence-corrected chi connectivity index (χ0v) is 53.4. The Labute approximate surface area is 533 Å². The lowest BCUT2D eigenvalue weighted by Crippen LogP contribution is -2.46. The number of ketones is 1. The molecule has 2 aliphatic rings. The van der Waals surface area contributed by atoms with Crippen molar-refractivity contribution in [2.75, 3.05) is 32.1 Å². The lowest BCUT2D eigenvalue weighted by molar-refractivity contribution is -0.152. The number of hydrogen-bond acceptors (Lipinski definition) is 23. The number of carbonyl (C=O) groups is 8. The Morgan fingerprint density at radius 2 is 1.44 bits per heavy atom. The number of hydrogen-bond donors (Lipinski definition) is 7. The molecule has 10 bridgehead atoms. The predicted molar refractivity (Wildman–Crippen MR) is 336 cm³/mol. The van der Waals surface area contributed by atoms with Crippen LogP contribution in [0.5, 0.6) is 0 Å². The Hall–Kier alpha value is -7.97. The van der Waals surface area contributed by atoms with Gasteiger partial charge in [0.1, 0.15) is 77.2 Å². The van der Waals surface area contributed by atoms with Crippen LogP contribution in [-0.4, -0.2) is 125 Å². The highest BCUT2D eigenvalue weighted by atomic mass is 32.1. The highest BCUT2D eigenvalue weighted by Gasteiger charge is 2.44. The first kappa shape index (κ1) is 64.0. The molecule has 8 aromatic rings. The van der Waals surface area contributed by atoms with Gasteiger partial charge in [-0.2, -0.15) is 0 Å². The molecule has 0 saturated heterocycles. The number of thiazole rings is 6. The van der Waals surface area contributed by atoms with Gasteiger partial charge in [0, 0.05) is 71.4 Å². The van der Waals surface area contributed by atoms with E-state index in [-0.39, 0.29) is 73.4 Å². The van der Waals surface area contributed by atoms with Crippen LogP contribution in [0.3, 0.4) is 0 Å². The molecule has 464 valence electrons. The van der Waals surface area contributed by atoms with E-state index in [2.05, 4.69) is 21.3 Å². The molecule has 0 radical (unpaired) electrons. The van der Waals surface area contributed by atoms with E-state index in [0.29, 0.717) is 93.0 Å². The molecule has 7 N–H and O–H groups in total. The van der Waals surface area contributed by atoms with E-state index in [1.54, 1.807) is 70.9 Å². The Morgan fingerprint density at radius 3 is 2.16 bits per heavy atom. The summed E-state index contributed by atoms with van der Waals surface area (Å²) in [6, 6.07) is 10.1. The van der Waals surface area contributed by atoms with Gasteiger partial charge in [0.05, 0.1) is 53.0 Å². The summed E-state index contributed by atoms with van der Waals surface area (Å²) in [5.41, 5.74) is 2.55. The smallest absolute Gasteiger partial charge is 0.307 e. The maximum atomic E-state index is 14.4. The number of aryl methyl sites for hydroxylation is 1. The number of aliphatic hydroxyl groups is 1. The molecule has 6 atom stereocenters. The van der Waals surface area contributed by atoms with Gasteiger partial charge in [-0.25, -0.2) is 34.9 Å². The predicted octanol–water partition coefficient (Wildman–Crippen LogP) is 8.90. The maximum absolute atomic E-state index is 14.4. The number of pyridine rings is 1. The van der Waals surface area contributed by atoms with Crippen molar-refractivity contribution < 1.29 is 58.4 Å². The van der Waals surface area contributed by atoms with Crippen LogP contribution in [0.15, 0.2) is 64.0 Å². The van der Waals surface area contributed by atoms with Crippen molar-refractivity contribution in [2.45, 2.75) is 96.4 Å². The van der Waals surface area contributed by atoms with Crippen LogP contribution in [-0.2, 0) is 35.3 Å². The summed E-state index contributed by atoms with van der Waals surface area (Å²) in [6.07, 6.45) is -0.363. The molecule has 7 aromatic heterocycles. The minimum atomic E-state index is -1.30. The molecule has 89 heavy (non-hydrogen) atoms. The number of rotatable bonds is 16. The number of aromatic nitrogens is 7. The fourth-order valence-electron chi connectivity index (χ4n) is 10.1. The van der Waals surface area contributed by atoms with Crippen LogP contribution in [0.1, 0.15) is 145 Å². The van der Waals surface area contributed by atoms with E-state index in [1.165, 1.54) is 64.4 Å². The normalized spacial score (nSPS) is 18.5. The number of nitrogens with one attached hydrogen (secondary N) is 4. The van der Waals surface area contributed by atoms with E-state index in [1.807, 2.05) is 13.8 Å². The van der Waals surface area contributed by atoms with Crippen LogP contribution in [0, 0.1) is 24.7 Å². The standard InChI is InChI=1S/C59H60N12O12S6/c1-27(2)33-19-39(72)45-28(3)88-56(69-45)35(20-42(73)60-4)63-50(78)37-24-84-52(65-37)32-16-17-34(54-67-41(26-87-54)71(18-10-9-13-44(75)76)58(80)30-14-15-31(30)59(81)82)62-46(32)36-23-85-55(64-36)38-25-86-57(66-38)48(49(77)29-11-7-6-8-12-29)68-43(74)21-61-51(79)47-40(22-83-5)89-53(33)70-47/h6-8,11-12,16-17,23-27,30-31,33,35,48-49,77H,9-10,13-15,18-22H2,1-5H3,(H,60,73)(H,61,79)(H,63,78)(H,68,74)(H,75,76)(H,81,82)/t30-,31+,33?,35-,48-,49-/m0/s1. The minimum Gasteiger partial charge on any atom is -0.481 e. The van der Waals surface area contributed by atoms with Crippen molar-refractivity contribution in [1.29, 1.82) is 0 Å². The van der Waals surface area contributed by atoms with Crippen LogP contribution < -0.4 is 26.2 Å². The number of aliphatic hydroxyl groups excluding tert-OH is 1. The number of aliphatic carboxylic acids is 2. The van der Waals surface area contributed by atoms with E-state index in [9.17, 15) is 53.7 Å². The lowest BCUT2D eigenvalue weighted by atomic mass is 9.73. The van der Waals surface area contributed by atoms with E-state index >= 15 is 0 Å². The molecule has 1 aliphatic heterocycles. The zero-order valence-electron chi connectivity index (χ0n) is 48.5. The summed E-state index contributed by atoms with van der Waals surface area (Å²) < 4.78 is 5.47. The number of amides is 5. The Kier molecular flexibility index (Phi) is 20.3. The molecule has 10 rings (SSSR count). The quantitative estimate of drug-likeness (QED) is 0.0444. The fourth-order valence-corrected chi connectivity index (χ4v) is 15.8. The highest BCUT2D eigenvalue weighted by Crippen LogP contribution is 2.42. The van der Waals surface area contributed by atoms with Crippen LogP contribution in [0.25, 0.3) is 43.4 Å². The fraction of sp³-hybridized carbons (Fsp3) is 0.373. The maximum Gasteiger partial charge on any atom is 0.307 e. The average molecular weight is 1320 g/mol. The molecule has 1 saturated carbocycles. The second kappa shape index (κ2) is 28.2. The number of carbonyl (C=O) groups excluding carboxylic acids is 6. The van der Waals surface area contributed by atoms with Gasteiger partial charge in [0.2, 0.25) is 17.7 Å². The second-order valence-electron chi connectivity index (χ2n) is 21.4. The Bertz CT molecular complexity index is 3970. The summed E-state index contributed by atoms with van der Waals surface area (Å²) in [5, 5.41) is 51.2. The number of Topliss-reactive ketones (excluding diaryl/α,β-unsaturated/α-hetero) is 1. The van der Waals surface area contributed by atoms with Gasteiger partial charge in [0.15, 0.2) is 5.78 Å². The molecule has 1 aromatic carbocycles. The van der Waals surface area contributed by atoms with Gasteiger partial charge in [-0.1, -0.05) is 44.2 Å². The highest BCUT2D eigenvalue weighted by molar-refractivity contribution is 7.15. The van der Waals surface area contributed by atoms with Crippen LogP contribution >= 0.6 is 68.0 Å². The third-order valence-corrected chi connectivity index (χ3v) is 20.8. The molecule has 0 spiro atoms. The van der Waals surface area contributed by atoms with Gasteiger partial charge in [0.25, 0.3) is 11.8 Å². The first-order valence-electron chi connectivity index (χ1n) is 28.2. The summed E-state index contributed by atoms with van der Waals surface area (Å²) in [4.78, 5) is 144. The van der Waals surface area contributed by atoms with Gasteiger partial charge in [-0.3, -0.25) is 43.3 Å². The van der Waals surface area contributed by atoms with Crippen molar-refractivity contribution in [1.82, 2.24) is 56.2 Å². The number of nitrogens with zero attached hydrogens (tertiary/aromatic N) is 8. The monoisotopic (exact) mass is 1320 g/mol. The third kappa shape index (κ3) is 14.5. The number of ether oxygens (including phenoxy) is 1.